The Morgan fingerprint density at radius 3 is 2.64 bits per heavy atom. The van der Waals surface area contributed by atoms with Crippen LogP contribution in [0.2, 0.25) is 0 Å². The zero-order valence-corrected chi connectivity index (χ0v) is 17.0. The van der Waals surface area contributed by atoms with Gasteiger partial charge in [-0.3, -0.25) is 9.67 Å². The summed E-state index contributed by atoms with van der Waals surface area (Å²) in [6.07, 6.45) is 3.75. The van der Waals surface area contributed by atoms with Gasteiger partial charge in [0.15, 0.2) is 5.96 Å². The molecule has 0 spiro atoms. The van der Waals surface area contributed by atoms with Crippen LogP contribution < -0.4 is 15.4 Å². The Bertz CT molecular complexity index is 659. The summed E-state index contributed by atoms with van der Waals surface area (Å²) in [6.45, 7) is 6.01. The molecule has 25 heavy (non-hydrogen) atoms. The number of nitrogens with zero attached hydrogens (tertiary/aromatic N) is 3. The molecule has 1 unspecified atom stereocenters. The topological polar surface area (TPSA) is 63.5 Å². The van der Waals surface area contributed by atoms with E-state index in [0.29, 0.717) is 24.8 Å². The standard InChI is InChI=1S/C17H24FN5O.HI/c1-13-10-22-23(12-13)9-8-20-17(19-3)21-11-14(2)24-16-6-4-15(18)5-7-16;/h4-7,10,12,14H,8-9,11H2,1-3H3,(H2,19,20,21);1H. The molecule has 1 atom stereocenters. The molecule has 8 heteroatoms. The van der Waals surface area contributed by atoms with Crippen molar-refractivity contribution in [2.24, 2.45) is 4.99 Å². The second kappa shape index (κ2) is 10.9. The van der Waals surface area contributed by atoms with Crippen molar-refractivity contribution >= 4 is 29.9 Å². The molecule has 6 nitrogen and oxygen atoms in total. The minimum Gasteiger partial charge on any atom is -0.489 e. The number of nitrogens with one attached hydrogen (secondary N) is 2. The van der Waals surface area contributed by atoms with Crippen molar-refractivity contribution in [2.45, 2.75) is 26.5 Å². The highest BCUT2D eigenvalue weighted by Gasteiger charge is 2.06. The maximum absolute atomic E-state index is 12.9. The molecule has 0 aliphatic carbocycles. The van der Waals surface area contributed by atoms with Gasteiger partial charge in [0.1, 0.15) is 17.7 Å². The Kier molecular flexibility index (Phi) is 9.25. The van der Waals surface area contributed by atoms with E-state index in [2.05, 4.69) is 20.7 Å². The van der Waals surface area contributed by atoms with Crippen LogP contribution in [0.1, 0.15) is 12.5 Å². The van der Waals surface area contributed by atoms with Crippen LogP contribution in [0, 0.1) is 12.7 Å². The van der Waals surface area contributed by atoms with Crippen LogP contribution in [-0.2, 0) is 6.54 Å². The number of guanidine groups is 1. The maximum Gasteiger partial charge on any atom is 0.191 e. The average molecular weight is 461 g/mol. The van der Waals surface area contributed by atoms with E-state index in [0.717, 1.165) is 12.1 Å². The molecule has 0 saturated heterocycles. The molecule has 0 fully saturated rings. The van der Waals surface area contributed by atoms with Crippen LogP contribution in [0.4, 0.5) is 4.39 Å². The molecule has 0 radical (unpaired) electrons. The van der Waals surface area contributed by atoms with Gasteiger partial charge in [0, 0.05) is 19.8 Å². The summed E-state index contributed by atoms with van der Waals surface area (Å²) in [5.74, 6) is 1.07. The van der Waals surface area contributed by atoms with E-state index in [4.69, 9.17) is 4.74 Å². The second-order valence-electron chi connectivity index (χ2n) is 5.54. The highest BCUT2D eigenvalue weighted by Crippen LogP contribution is 2.12. The molecule has 0 bridgehead atoms. The van der Waals surface area contributed by atoms with Crippen molar-refractivity contribution in [3.8, 4) is 5.75 Å². The normalized spacial score (nSPS) is 12.2. The van der Waals surface area contributed by atoms with Crippen molar-refractivity contribution in [1.29, 1.82) is 0 Å². The number of hydrogen-bond donors (Lipinski definition) is 2. The molecule has 1 aromatic heterocycles. The first kappa shape index (κ1) is 21.2. The van der Waals surface area contributed by atoms with Gasteiger partial charge in [-0.15, -0.1) is 24.0 Å². The fourth-order valence-corrected chi connectivity index (χ4v) is 2.13. The number of ether oxygens (including phenoxy) is 1. The van der Waals surface area contributed by atoms with Gasteiger partial charge in [0.05, 0.1) is 19.3 Å². The third-order valence-electron chi connectivity index (χ3n) is 3.33. The predicted molar refractivity (Wildman–Crippen MR) is 108 cm³/mol. The molecule has 0 aliphatic heterocycles. The fourth-order valence-electron chi connectivity index (χ4n) is 2.13. The predicted octanol–water partition coefficient (Wildman–Crippen LogP) is 2.58. The van der Waals surface area contributed by atoms with Gasteiger partial charge in [0.2, 0.25) is 0 Å². The highest BCUT2D eigenvalue weighted by molar-refractivity contribution is 14.0. The molecule has 0 aliphatic rings. The van der Waals surface area contributed by atoms with Gasteiger partial charge < -0.3 is 15.4 Å². The van der Waals surface area contributed by atoms with E-state index >= 15 is 0 Å². The molecular weight excluding hydrogens is 436 g/mol. The third-order valence-corrected chi connectivity index (χ3v) is 3.33. The number of hydrogen-bond acceptors (Lipinski definition) is 3. The number of aromatic nitrogens is 2. The lowest BCUT2D eigenvalue weighted by molar-refractivity contribution is 0.223. The zero-order chi connectivity index (χ0) is 17.4. The van der Waals surface area contributed by atoms with Crippen LogP contribution in [0.3, 0.4) is 0 Å². The van der Waals surface area contributed by atoms with E-state index in [1.54, 1.807) is 19.2 Å². The summed E-state index contributed by atoms with van der Waals surface area (Å²) in [7, 11) is 1.72. The fraction of sp³-hybridized carbons (Fsp3) is 0.412. The molecule has 2 aromatic rings. The number of rotatable bonds is 7. The Hall–Kier alpha value is -1.84. The van der Waals surface area contributed by atoms with Gasteiger partial charge in [-0.2, -0.15) is 5.10 Å². The average Bonchev–Trinajstić information content (AvgIpc) is 2.98. The van der Waals surface area contributed by atoms with Crippen molar-refractivity contribution in [1.82, 2.24) is 20.4 Å². The molecule has 1 heterocycles. The first-order valence-corrected chi connectivity index (χ1v) is 7.92. The molecule has 0 saturated carbocycles. The van der Waals surface area contributed by atoms with Crippen LogP contribution >= 0.6 is 24.0 Å². The Labute approximate surface area is 164 Å². The van der Waals surface area contributed by atoms with Crippen molar-refractivity contribution in [3.63, 3.8) is 0 Å². The van der Waals surface area contributed by atoms with E-state index < -0.39 is 0 Å². The van der Waals surface area contributed by atoms with Crippen LogP contribution in [0.5, 0.6) is 5.75 Å². The zero-order valence-electron chi connectivity index (χ0n) is 14.7. The quantitative estimate of drug-likeness (QED) is 0.378. The van der Waals surface area contributed by atoms with Crippen molar-refractivity contribution in [2.75, 3.05) is 20.1 Å². The van der Waals surface area contributed by atoms with E-state index in [1.165, 1.54) is 12.1 Å². The SMILES string of the molecule is CN=C(NCCn1cc(C)cn1)NCC(C)Oc1ccc(F)cc1.I. The molecule has 1 aromatic carbocycles. The van der Waals surface area contributed by atoms with Gasteiger partial charge in [-0.1, -0.05) is 0 Å². The first-order chi connectivity index (χ1) is 11.6. The number of benzene rings is 1. The van der Waals surface area contributed by atoms with Gasteiger partial charge in [0.25, 0.3) is 0 Å². The lowest BCUT2D eigenvalue weighted by Crippen LogP contribution is -2.42. The smallest absolute Gasteiger partial charge is 0.191 e. The molecule has 0 amide bonds. The van der Waals surface area contributed by atoms with Gasteiger partial charge >= 0.3 is 0 Å². The molecule has 138 valence electrons. The Morgan fingerprint density at radius 2 is 2.04 bits per heavy atom. The highest BCUT2D eigenvalue weighted by atomic mass is 127. The molecule has 2 rings (SSSR count). The van der Waals surface area contributed by atoms with E-state index in [9.17, 15) is 4.39 Å². The Morgan fingerprint density at radius 1 is 1.32 bits per heavy atom. The van der Waals surface area contributed by atoms with Gasteiger partial charge in [-0.05, 0) is 43.7 Å². The minimum atomic E-state index is -0.273. The maximum atomic E-state index is 12.9. The summed E-state index contributed by atoms with van der Waals surface area (Å²) in [4.78, 5) is 4.17. The summed E-state index contributed by atoms with van der Waals surface area (Å²) in [6, 6.07) is 6.00. The van der Waals surface area contributed by atoms with Crippen LogP contribution in [0.15, 0.2) is 41.7 Å². The third kappa shape index (κ3) is 7.72. The number of halogens is 2. The number of aliphatic imine (C=N–C) groups is 1. The lowest BCUT2D eigenvalue weighted by atomic mass is 10.3. The number of aryl methyl sites for hydroxylation is 1. The van der Waals surface area contributed by atoms with Gasteiger partial charge in [-0.25, -0.2) is 4.39 Å². The lowest BCUT2D eigenvalue weighted by Gasteiger charge is -2.17. The summed E-state index contributed by atoms with van der Waals surface area (Å²) >= 11 is 0. The Balaban J connectivity index is 0.00000312. The largest absolute Gasteiger partial charge is 0.489 e. The minimum absolute atomic E-state index is 0. The van der Waals surface area contributed by atoms with Crippen molar-refractivity contribution < 1.29 is 9.13 Å². The van der Waals surface area contributed by atoms with Crippen molar-refractivity contribution in [3.05, 3.63) is 48.0 Å². The molecular formula is C17H25FIN5O. The van der Waals surface area contributed by atoms with Crippen LogP contribution in [0.25, 0.3) is 0 Å². The monoisotopic (exact) mass is 461 g/mol. The summed E-state index contributed by atoms with van der Waals surface area (Å²) < 4.78 is 20.5. The van der Waals surface area contributed by atoms with E-state index in [-0.39, 0.29) is 35.9 Å². The summed E-state index contributed by atoms with van der Waals surface area (Å²) in [5.41, 5.74) is 1.14. The molecule has 2 N–H and O–H groups in total. The van der Waals surface area contributed by atoms with Crippen LogP contribution in [-0.4, -0.2) is 42.0 Å². The second-order valence-corrected chi connectivity index (χ2v) is 5.54. The van der Waals surface area contributed by atoms with E-state index in [1.807, 2.05) is 30.9 Å². The first-order valence-electron chi connectivity index (χ1n) is 7.92. The summed E-state index contributed by atoms with van der Waals surface area (Å²) in [5, 5.41) is 10.7.